The van der Waals surface area contributed by atoms with Crippen LogP contribution in [0.5, 0.6) is 0 Å². The standard InChI is InChI=1S/C18H34N2O2/c1-18(2,3)22-17(21)20-16-10-6-14(7-11-16)12-13-4-8-15(19)9-5-13/h13-16H,4-12,19H2,1-3H3,(H,20,21). The van der Waals surface area contributed by atoms with E-state index in [1.54, 1.807) is 0 Å². The van der Waals surface area contributed by atoms with Crippen LogP contribution in [-0.2, 0) is 4.74 Å². The second-order valence-corrected chi connectivity index (χ2v) is 8.38. The van der Waals surface area contributed by atoms with Crippen molar-refractivity contribution >= 4 is 6.09 Å². The summed E-state index contributed by atoms with van der Waals surface area (Å²) in [5.74, 6) is 1.73. The molecular formula is C18H34N2O2. The van der Waals surface area contributed by atoms with Gasteiger partial charge >= 0.3 is 6.09 Å². The maximum Gasteiger partial charge on any atom is 0.407 e. The Kier molecular flexibility index (Phi) is 6.13. The second kappa shape index (κ2) is 7.67. The van der Waals surface area contributed by atoms with Gasteiger partial charge in [-0.3, -0.25) is 0 Å². The molecule has 0 aromatic heterocycles. The molecule has 2 aliphatic carbocycles. The monoisotopic (exact) mass is 310 g/mol. The summed E-state index contributed by atoms with van der Waals surface area (Å²) in [6, 6.07) is 0.746. The quantitative estimate of drug-likeness (QED) is 0.828. The molecule has 2 rings (SSSR count). The Balaban J connectivity index is 1.64. The molecule has 4 nitrogen and oxygen atoms in total. The Morgan fingerprint density at radius 1 is 1.00 bits per heavy atom. The molecule has 22 heavy (non-hydrogen) atoms. The number of hydrogen-bond donors (Lipinski definition) is 2. The van der Waals surface area contributed by atoms with E-state index in [-0.39, 0.29) is 6.09 Å². The van der Waals surface area contributed by atoms with E-state index in [2.05, 4.69) is 5.32 Å². The number of alkyl carbamates (subject to hydrolysis) is 1. The number of rotatable bonds is 3. The minimum Gasteiger partial charge on any atom is -0.444 e. The Morgan fingerprint density at radius 3 is 2.00 bits per heavy atom. The minimum absolute atomic E-state index is 0.266. The molecule has 0 aromatic rings. The molecule has 3 N–H and O–H groups in total. The number of carbonyl (C=O) groups is 1. The molecule has 0 aliphatic heterocycles. The van der Waals surface area contributed by atoms with Gasteiger partial charge in [-0.05, 0) is 90.4 Å². The van der Waals surface area contributed by atoms with Crippen molar-refractivity contribution in [2.24, 2.45) is 17.6 Å². The van der Waals surface area contributed by atoms with Gasteiger partial charge in [0.05, 0.1) is 0 Å². The van der Waals surface area contributed by atoms with Gasteiger partial charge in [-0.1, -0.05) is 0 Å². The first-order chi connectivity index (χ1) is 10.3. The molecule has 128 valence electrons. The molecule has 2 saturated carbocycles. The van der Waals surface area contributed by atoms with E-state index in [1.165, 1.54) is 44.9 Å². The van der Waals surface area contributed by atoms with Gasteiger partial charge in [0.15, 0.2) is 0 Å². The van der Waals surface area contributed by atoms with E-state index in [4.69, 9.17) is 10.5 Å². The van der Waals surface area contributed by atoms with E-state index in [0.717, 1.165) is 24.7 Å². The fraction of sp³-hybridized carbons (Fsp3) is 0.944. The predicted molar refractivity (Wildman–Crippen MR) is 89.7 cm³/mol. The zero-order chi connectivity index (χ0) is 16.2. The lowest BCUT2D eigenvalue weighted by molar-refractivity contribution is 0.0484. The SMILES string of the molecule is CC(C)(C)OC(=O)NC1CCC(CC2CCC(N)CC2)CC1. The van der Waals surface area contributed by atoms with Crippen molar-refractivity contribution in [3.8, 4) is 0 Å². The van der Waals surface area contributed by atoms with Crippen LogP contribution in [0.1, 0.15) is 78.6 Å². The van der Waals surface area contributed by atoms with Gasteiger partial charge in [-0.2, -0.15) is 0 Å². The number of carbonyl (C=O) groups excluding carboxylic acids is 1. The highest BCUT2D eigenvalue weighted by Gasteiger charge is 2.27. The third kappa shape index (κ3) is 6.15. The second-order valence-electron chi connectivity index (χ2n) is 8.38. The summed E-state index contributed by atoms with van der Waals surface area (Å²) in [6.45, 7) is 5.71. The van der Waals surface area contributed by atoms with Crippen molar-refractivity contribution < 1.29 is 9.53 Å². The Morgan fingerprint density at radius 2 is 1.50 bits per heavy atom. The molecule has 0 aromatic carbocycles. The van der Waals surface area contributed by atoms with Crippen LogP contribution in [0.15, 0.2) is 0 Å². The predicted octanol–water partition coefficient (Wildman–Crippen LogP) is 3.98. The Hall–Kier alpha value is -0.770. The molecule has 0 bridgehead atoms. The lowest BCUT2D eigenvalue weighted by Crippen LogP contribution is -2.41. The van der Waals surface area contributed by atoms with E-state index in [1.807, 2.05) is 20.8 Å². The summed E-state index contributed by atoms with van der Waals surface area (Å²) in [7, 11) is 0. The third-order valence-corrected chi connectivity index (χ3v) is 5.13. The van der Waals surface area contributed by atoms with Gasteiger partial charge in [0.2, 0.25) is 0 Å². The normalized spacial score (nSPS) is 33.3. The Labute approximate surface area is 135 Å². The number of nitrogens with two attached hydrogens (primary N) is 1. The van der Waals surface area contributed by atoms with E-state index in [9.17, 15) is 4.79 Å². The molecule has 0 radical (unpaired) electrons. The number of ether oxygens (including phenoxy) is 1. The first-order valence-electron chi connectivity index (χ1n) is 9.07. The van der Waals surface area contributed by atoms with Crippen molar-refractivity contribution in [2.45, 2.75) is 96.2 Å². The van der Waals surface area contributed by atoms with Crippen LogP contribution in [0.3, 0.4) is 0 Å². The topological polar surface area (TPSA) is 64.3 Å². The van der Waals surface area contributed by atoms with Crippen LogP contribution in [-0.4, -0.2) is 23.8 Å². The van der Waals surface area contributed by atoms with Crippen LogP contribution in [0.4, 0.5) is 4.79 Å². The van der Waals surface area contributed by atoms with Crippen LogP contribution in [0, 0.1) is 11.8 Å². The van der Waals surface area contributed by atoms with Gasteiger partial charge in [-0.15, -0.1) is 0 Å². The molecule has 2 aliphatic rings. The summed E-state index contributed by atoms with van der Waals surface area (Å²) in [6.07, 6.45) is 10.8. The van der Waals surface area contributed by atoms with Crippen LogP contribution < -0.4 is 11.1 Å². The third-order valence-electron chi connectivity index (χ3n) is 5.13. The molecule has 0 spiro atoms. The highest BCUT2D eigenvalue weighted by Crippen LogP contribution is 2.35. The molecule has 1 amide bonds. The first kappa shape index (κ1) is 17.6. The fourth-order valence-corrected chi connectivity index (χ4v) is 3.91. The number of hydrogen-bond acceptors (Lipinski definition) is 3. The first-order valence-corrected chi connectivity index (χ1v) is 9.07. The highest BCUT2D eigenvalue weighted by molar-refractivity contribution is 5.68. The summed E-state index contributed by atoms with van der Waals surface area (Å²) < 4.78 is 5.34. The highest BCUT2D eigenvalue weighted by atomic mass is 16.6. The van der Waals surface area contributed by atoms with Crippen LogP contribution in [0.2, 0.25) is 0 Å². The van der Waals surface area contributed by atoms with E-state index >= 15 is 0 Å². The van der Waals surface area contributed by atoms with Gasteiger partial charge in [-0.25, -0.2) is 4.79 Å². The lowest BCUT2D eigenvalue weighted by atomic mass is 9.76. The van der Waals surface area contributed by atoms with E-state index < -0.39 is 5.60 Å². The average Bonchev–Trinajstić information content (AvgIpc) is 2.41. The fourth-order valence-electron chi connectivity index (χ4n) is 3.91. The molecule has 0 atom stereocenters. The average molecular weight is 310 g/mol. The van der Waals surface area contributed by atoms with Gasteiger partial charge in [0.25, 0.3) is 0 Å². The molecule has 0 unspecified atom stereocenters. The van der Waals surface area contributed by atoms with Gasteiger partial charge in [0.1, 0.15) is 5.60 Å². The number of amides is 1. The largest absolute Gasteiger partial charge is 0.444 e. The lowest BCUT2D eigenvalue weighted by Gasteiger charge is -2.33. The van der Waals surface area contributed by atoms with Gasteiger partial charge < -0.3 is 15.8 Å². The van der Waals surface area contributed by atoms with Crippen LogP contribution >= 0.6 is 0 Å². The Bertz CT molecular complexity index is 349. The molecule has 0 heterocycles. The van der Waals surface area contributed by atoms with Crippen molar-refractivity contribution in [3.63, 3.8) is 0 Å². The van der Waals surface area contributed by atoms with Crippen molar-refractivity contribution in [1.82, 2.24) is 5.32 Å². The molecular weight excluding hydrogens is 276 g/mol. The maximum atomic E-state index is 11.8. The zero-order valence-corrected chi connectivity index (χ0v) is 14.6. The van der Waals surface area contributed by atoms with Crippen molar-refractivity contribution in [1.29, 1.82) is 0 Å². The molecule has 4 heteroatoms. The smallest absolute Gasteiger partial charge is 0.407 e. The maximum absolute atomic E-state index is 11.8. The van der Waals surface area contributed by atoms with Crippen molar-refractivity contribution in [2.75, 3.05) is 0 Å². The molecule has 0 saturated heterocycles. The summed E-state index contributed by atoms with van der Waals surface area (Å²) in [5.41, 5.74) is 5.57. The summed E-state index contributed by atoms with van der Waals surface area (Å²) in [4.78, 5) is 11.8. The minimum atomic E-state index is -0.414. The number of nitrogens with one attached hydrogen (secondary N) is 1. The van der Waals surface area contributed by atoms with Crippen molar-refractivity contribution in [3.05, 3.63) is 0 Å². The van der Waals surface area contributed by atoms with Gasteiger partial charge in [0, 0.05) is 12.1 Å². The van der Waals surface area contributed by atoms with E-state index in [0.29, 0.717) is 12.1 Å². The summed E-state index contributed by atoms with van der Waals surface area (Å²) in [5, 5.41) is 3.03. The zero-order valence-electron chi connectivity index (χ0n) is 14.6. The molecule has 2 fully saturated rings. The summed E-state index contributed by atoms with van der Waals surface area (Å²) >= 11 is 0. The van der Waals surface area contributed by atoms with Crippen LogP contribution in [0.25, 0.3) is 0 Å².